The van der Waals surface area contributed by atoms with Crippen LogP contribution in [0.5, 0.6) is 0 Å². The number of hydrogen-bond acceptors (Lipinski definition) is 4. The van der Waals surface area contributed by atoms with Gasteiger partial charge in [0, 0.05) is 6.54 Å². The summed E-state index contributed by atoms with van der Waals surface area (Å²) in [7, 11) is 0. The standard InChI is InChI=1S/C8H14N2O3/c1-8(2,3)13-7(12)10-5-4-9-6-11/h4-5H2,1-3H3,(H,10,12). The molecule has 5 nitrogen and oxygen atoms in total. The largest absolute Gasteiger partial charge is 0.444 e. The molecule has 1 N–H and O–H groups in total. The van der Waals surface area contributed by atoms with Gasteiger partial charge in [0.05, 0.1) is 6.54 Å². The van der Waals surface area contributed by atoms with Gasteiger partial charge in [-0.1, -0.05) is 0 Å². The molecule has 0 aromatic carbocycles. The first kappa shape index (κ1) is 11.6. The molecule has 0 radical (unpaired) electrons. The van der Waals surface area contributed by atoms with Crippen LogP contribution in [0.1, 0.15) is 20.8 Å². The van der Waals surface area contributed by atoms with Gasteiger partial charge in [-0.15, -0.1) is 0 Å². The lowest BCUT2D eigenvalue weighted by Gasteiger charge is -2.19. The SMILES string of the molecule is CC(C)(C)OC(=O)NCCN=C=O. The normalized spacial score (nSPS) is 10.1. The average molecular weight is 186 g/mol. The minimum atomic E-state index is -0.506. The molecule has 0 fully saturated rings. The summed E-state index contributed by atoms with van der Waals surface area (Å²) < 4.78 is 4.93. The third-order valence-electron chi connectivity index (χ3n) is 0.956. The Morgan fingerprint density at radius 2 is 2.15 bits per heavy atom. The molecule has 0 rings (SSSR count). The van der Waals surface area contributed by atoms with Gasteiger partial charge in [0.1, 0.15) is 5.60 Å². The smallest absolute Gasteiger partial charge is 0.407 e. The van der Waals surface area contributed by atoms with Crippen LogP contribution in [0.15, 0.2) is 4.99 Å². The Morgan fingerprint density at radius 3 is 2.62 bits per heavy atom. The predicted octanol–water partition coefficient (Wildman–Crippen LogP) is 0.847. The summed E-state index contributed by atoms with van der Waals surface area (Å²) in [6, 6.07) is 0. The number of nitrogens with one attached hydrogen (secondary N) is 1. The van der Waals surface area contributed by atoms with Gasteiger partial charge < -0.3 is 10.1 Å². The van der Waals surface area contributed by atoms with Crippen LogP contribution >= 0.6 is 0 Å². The zero-order valence-electron chi connectivity index (χ0n) is 8.09. The number of isocyanates is 1. The molecule has 5 heteroatoms. The van der Waals surface area contributed by atoms with E-state index in [1.807, 2.05) is 0 Å². The Kier molecular flexibility index (Phi) is 4.77. The highest BCUT2D eigenvalue weighted by Gasteiger charge is 2.15. The first-order chi connectivity index (χ1) is 5.95. The Balaban J connectivity index is 3.58. The summed E-state index contributed by atoms with van der Waals surface area (Å²) in [5.41, 5.74) is -0.502. The number of carbonyl (C=O) groups excluding carboxylic acids is 2. The summed E-state index contributed by atoms with van der Waals surface area (Å²) in [5, 5.41) is 2.44. The molecule has 0 aliphatic carbocycles. The zero-order chi connectivity index (χ0) is 10.3. The summed E-state index contributed by atoms with van der Waals surface area (Å²) >= 11 is 0. The summed E-state index contributed by atoms with van der Waals surface area (Å²) in [4.78, 5) is 23.9. The van der Waals surface area contributed by atoms with Gasteiger partial charge in [0.15, 0.2) is 0 Å². The molecule has 0 heterocycles. The first-order valence-electron chi connectivity index (χ1n) is 3.96. The molecule has 1 amide bonds. The molecule has 0 unspecified atom stereocenters. The Hall–Kier alpha value is -1.35. The monoisotopic (exact) mass is 186 g/mol. The Labute approximate surface area is 77.2 Å². The maximum Gasteiger partial charge on any atom is 0.407 e. The van der Waals surface area contributed by atoms with E-state index in [0.29, 0.717) is 0 Å². The van der Waals surface area contributed by atoms with E-state index >= 15 is 0 Å². The topological polar surface area (TPSA) is 67.8 Å². The van der Waals surface area contributed by atoms with Gasteiger partial charge in [0.2, 0.25) is 6.08 Å². The molecule has 0 aromatic rings. The minimum Gasteiger partial charge on any atom is -0.444 e. The number of hydrogen-bond donors (Lipinski definition) is 1. The molecule has 0 aliphatic heterocycles. The van der Waals surface area contributed by atoms with E-state index in [4.69, 9.17) is 4.74 Å². The maximum absolute atomic E-state index is 10.9. The lowest BCUT2D eigenvalue weighted by atomic mass is 10.2. The number of ether oxygens (including phenoxy) is 1. The number of carbonyl (C=O) groups is 1. The predicted molar refractivity (Wildman–Crippen MR) is 47.2 cm³/mol. The molecule has 0 saturated heterocycles. The summed E-state index contributed by atoms with van der Waals surface area (Å²) in [6.45, 7) is 5.83. The van der Waals surface area contributed by atoms with E-state index in [2.05, 4.69) is 10.3 Å². The molecule has 74 valence electrons. The van der Waals surface area contributed by atoms with E-state index in [1.165, 1.54) is 6.08 Å². The van der Waals surface area contributed by atoms with Crippen LogP contribution < -0.4 is 5.32 Å². The van der Waals surface area contributed by atoms with Crippen molar-refractivity contribution >= 4 is 12.2 Å². The highest BCUT2D eigenvalue weighted by molar-refractivity contribution is 5.67. The number of aliphatic imine (C=N–C) groups is 1. The molecule has 0 bridgehead atoms. The van der Waals surface area contributed by atoms with Crippen molar-refractivity contribution in [1.82, 2.24) is 5.32 Å². The molecule has 0 saturated carbocycles. The second-order valence-electron chi connectivity index (χ2n) is 3.40. The van der Waals surface area contributed by atoms with Crippen molar-refractivity contribution in [3.8, 4) is 0 Å². The van der Waals surface area contributed by atoms with Crippen molar-refractivity contribution in [2.24, 2.45) is 4.99 Å². The zero-order valence-corrected chi connectivity index (χ0v) is 8.09. The summed E-state index contributed by atoms with van der Waals surface area (Å²) in [6.07, 6.45) is 0.867. The van der Waals surface area contributed by atoms with E-state index < -0.39 is 11.7 Å². The van der Waals surface area contributed by atoms with Crippen molar-refractivity contribution in [1.29, 1.82) is 0 Å². The maximum atomic E-state index is 10.9. The van der Waals surface area contributed by atoms with Gasteiger partial charge in [0.25, 0.3) is 0 Å². The number of rotatable bonds is 3. The molecule has 13 heavy (non-hydrogen) atoms. The van der Waals surface area contributed by atoms with Crippen LogP contribution in [0.25, 0.3) is 0 Å². The lowest BCUT2D eigenvalue weighted by molar-refractivity contribution is 0.0529. The third-order valence-corrected chi connectivity index (χ3v) is 0.956. The number of nitrogens with zero attached hydrogens (tertiary/aromatic N) is 1. The van der Waals surface area contributed by atoms with Crippen molar-refractivity contribution in [3.05, 3.63) is 0 Å². The van der Waals surface area contributed by atoms with Gasteiger partial charge >= 0.3 is 6.09 Å². The van der Waals surface area contributed by atoms with Crippen LogP contribution in [0.4, 0.5) is 4.79 Å². The van der Waals surface area contributed by atoms with Crippen LogP contribution in [-0.4, -0.2) is 30.9 Å². The van der Waals surface area contributed by atoms with Gasteiger partial charge in [-0.3, -0.25) is 0 Å². The number of amides is 1. The highest BCUT2D eigenvalue weighted by Crippen LogP contribution is 2.05. The third kappa shape index (κ3) is 8.56. The van der Waals surface area contributed by atoms with E-state index in [0.717, 1.165) is 0 Å². The van der Waals surface area contributed by atoms with Gasteiger partial charge in [-0.2, -0.15) is 0 Å². The van der Waals surface area contributed by atoms with E-state index in [9.17, 15) is 9.59 Å². The summed E-state index contributed by atoms with van der Waals surface area (Å²) in [5.74, 6) is 0. The van der Waals surface area contributed by atoms with Crippen LogP contribution in [0.3, 0.4) is 0 Å². The molecule has 0 aliphatic rings. The Morgan fingerprint density at radius 1 is 1.54 bits per heavy atom. The first-order valence-corrected chi connectivity index (χ1v) is 3.96. The highest BCUT2D eigenvalue weighted by atomic mass is 16.6. The molecule has 0 aromatic heterocycles. The molecular formula is C8H14N2O3. The van der Waals surface area contributed by atoms with E-state index in [-0.39, 0.29) is 13.1 Å². The number of alkyl carbamates (subject to hydrolysis) is 1. The van der Waals surface area contributed by atoms with Crippen molar-refractivity contribution in [3.63, 3.8) is 0 Å². The van der Waals surface area contributed by atoms with Crippen molar-refractivity contribution in [2.45, 2.75) is 26.4 Å². The minimum absolute atomic E-state index is 0.225. The fraction of sp³-hybridized carbons (Fsp3) is 0.750. The fourth-order valence-corrected chi connectivity index (χ4v) is 0.574. The fourth-order valence-electron chi connectivity index (χ4n) is 0.574. The molecular weight excluding hydrogens is 172 g/mol. The van der Waals surface area contributed by atoms with Crippen LogP contribution in [0.2, 0.25) is 0 Å². The second kappa shape index (κ2) is 5.32. The average Bonchev–Trinajstić information content (AvgIpc) is 1.94. The van der Waals surface area contributed by atoms with Crippen LogP contribution in [-0.2, 0) is 9.53 Å². The van der Waals surface area contributed by atoms with Gasteiger partial charge in [-0.05, 0) is 20.8 Å². The molecule has 0 atom stereocenters. The quantitative estimate of drug-likeness (QED) is 0.403. The van der Waals surface area contributed by atoms with Crippen LogP contribution in [0, 0.1) is 0 Å². The van der Waals surface area contributed by atoms with E-state index in [1.54, 1.807) is 20.8 Å². The lowest BCUT2D eigenvalue weighted by Crippen LogP contribution is -2.33. The van der Waals surface area contributed by atoms with Gasteiger partial charge in [-0.25, -0.2) is 14.6 Å². The molecule has 0 spiro atoms. The van der Waals surface area contributed by atoms with Crippen molar-refractivity contribution < 1.29 is 14.3 Å². The van der Waals surface area contributed by atoms with Crippen molar-refractivity contribution in [2.75, 3.05) is 13.1 Å². The second-order valence-corrected chi connectivity index (χ2v) is 3.40. The Bertz CT molecular complexity index is 214.